The third-order valence-corrected chi connectivity index (χ3v) is 7.33. The molecule has 32 heavy (non-hydrogen) atoms. The standard InChI is InChI=1S/C25H30N2O4.ClH/c1-3-21(28)30-14-15-31-24(29)20-16-25(4-2)11-7-12-26-13-10-18-17-8-5-6-9-19(17)27(20)22(18)23(25)26;/h5-6,8-9,16,23H,3-4,7,10-15H2,1-2H3;1H/t23-,25-;/m0./s1. The smallest absolute Gasteiger partial charge is 0.355 e. The maximum absolute atomic E-state index is 13.3. The Balaban J connectivity index is 0.00000245. The predicted octanol–water partition coefficient (Wildman–Crippen LogP) is 4.50. The van der Waals surface area contributed by atoms with Crippen molar-refractivity contribution in [1.29, 1.82) is 0 Å². The van der Waals surface area contributed by atoms with Crippen molar-refractivity contribution < 1.29 is 19.1 Å². The monoisotopic (exact) mass is 458 g/mol. The topological polar surface area (TPSA) is 60.8 Å². The molecule has 0 amide bonds. The van der Waals surface area contributed by atoms with E-state index in [1.807, 2.05) is 6.07 Å². The number of piperidine rings is 1. The van der Waals surface area contributed by atoms with Gasteiger partial charge in [-0.25, -0.2) is 4.79 Å². The Labute approximate surface area is 194 Å². The fourth-order valence-electron chi connectivity index (χ4n) is 5.89. The van der Waals surface area contributed by atoms with Gasteiger partial charge in [0, 0.05) is 29.5 Å². The zero-order chi connectivity index (χ0) is 21.6. The lowest BCUT2D eigenvalue weighted by Gasteiger charge is -2.53. The number of hydrogen-bond acceptors (Lipinski definition) is 5. The van der Waals surface area contributed by atoms with Crippen molar-refractivity contribution >= 4 is 40.9 Å². The molecule has 7 heteroatoms. The van der Waals surface area contributed by atoms with E-state index in [0.29, 0.717) is 18.2 Å². The first-order valence-corrected chi connectivity index (χ1v) is 11.5. The molecular formula is C25H31ClN2O4. The van der Waals surface area contributed by atoms with E-state index in [-0.39, 0.29) is 43.0 Å². The summed E-state index contributed by atoms with van der Waals surface area (Å²) in [6, 6.07) is 8.70. The minimum atomic E-state index is -0.343. The van der Waals surface area contributed by atoms with Crippen molar-refractivity contribution in [3.8, 4) is 0 Å². The maximum Gasteiger partial charge on any atom is 0.355 e. The number of aromatic nitrogens is 1. The number of halogens is 1. The molecule has 5 rings (SSSR count). The van der Waals surface area contributed by atoms with Crippen LogP contribution in [0.1, 0.15) is 56.8 Å². The number of esters is 2. The number of ether oxygens (including phenoxy) is 2. The summed E-state index contributed by atoms with van der Waals surface area (Å²) < 4.78 is 12.8. The molecule has 1 aromatic carbocycles. The van der Waals surface area contributed by atoms with Gasteiger partial charge >= 0.3 is 11.9 Å². The van der Waals surface area contributed by atoms with E-state index in [0.717, 1.165) is 44.3 Å². The van der Waals surface area contributed by atoms with E-state index in [9.17, 15) is 9.59 Å². The van der Waals surface area contributed by atoms with Gasteiger partial charge in [-0.3, -0.25) is 9.69 Å². The molecule has 3 aliphatic heterocycles. The van der Waals surface area contributed by atoms with Crippen LogP contribution in [0.4, 0.5) is 0 Å². The predicted molar refractivity (Wildman–Crippen MR) is 126 cm³/mol. The number of carbonyl (C=O) groups excluding carboxylic acids is 2. The lowest BCUT2D eigenvalue weighted by molar-refractivity contribution is -0.149. The molecule has 172 valence electrons. The highest BCUT2D eigenvalue weighted by molar-refractivity contribution is 6.13. The van der Waals surface area contributed by atoms with Crippen molar-refractivity contribution in [2.24, 2.45) is 5.41 Å². The Morgan fingerprint density at radius 1 is 1.12 bits per heavy atom. The van der Waals surface area contributed by atoms with Crippen molar-refractivity contribution in [3.05, 3.63) is 41.6 Å². The van der Waals surface area contributed by atoms with Crippen LogP contribution in [0.15, 0.2) is 30.3 Å². The second-order valence-electron chi connectivity index (χ2n) is 8.83. The molecular weight excluding hydrogens is 428 g/mol. The first-order valence-electron chi connectivity index (χ1n) is 11.5. The van der Waals surface area contributed by atoms with Crippen molar-refractivity contribution in [2.45, 2.75) is 52.0 Å². The summed E-state index contributed by atoms with van der Waals surface area (Å²) in [7, 11) is 0. The van der Waals surface area contributed by atoms with Gasteiger partial charge in [0.15, 0.2) is 0 Å². The SMILES string of the molecule is CCC(=O)OCCOC(=O)C1=C[C@]2(CC)CCCN3CCc4c(n1c1ccccc41)[C@H]32.Cl. The number of fused-ring (bicyclic) bond motifs is 3. The minimum absolute atomic E-state index is 0. The van der Waals surface area contributed by atoms with Crippen LogP contribution < -0.4 is 0 Å². The lowest BCUT2D eigenvalue weighted by atomic mass is 9.66. The minimum Gasteiger partial charge on any atom is -0.462 e. The molecule has 0 saturated carbocycles. The molecule has 3 aliphatic rings. The summed E-state index contributed by atoms with van der Waals surface area (Å²) in [4.78, 5) is 27.3. The molecule has 2 atom stereocenters. The Hall–Kier alpha value is -2.31. The third kappa shape index (κ3) is 3.44. The quantitative estimate of drug-likeness (QED) is 0.471. The Bertz CT molecular complexity index is 1080. The van der Waals surface area contributed by atoms with Gasteiger partial charge in [0.1, 0.15) is 18.9 Å². The van der Waals surface area contributed by atoms with E-state index in [4.69, 9.17) is 9.47 Å². The van der Waals surface area contributed by atoms with E-state index in [1.165, 1.54) is 16.6 Å². The number of para-hydroxylation sites is 1. The van der Waals surface area contributed by atoms with Crippen molar-refractivity contribution in [3.63, 3.8) is 0 Å². The molecule has 1 fully saturated rings. The average molecular weight is 459 g/mol. The first kappa shape index (κ1) is 22.9. The molecule has 0 unspecified atom stereocenters. The second-order valence-corrected chi connectivity index (χ2v) is 8.83. The molecule has 0 radical (unpaired) electrons. The van der Waals surface area contributed by atoms with Gasteiger partial charge in [0.25, 0.3) is 0 Å². The summed E-state index contributed by atoms with van der Waals surface area (Å²) in [5, 5.41) is 1.24. The Morgan fingerprint density at radius 2 is 1.91 bits per heavy atom. The second kappa shape index (κ2) is 8.91. The summed E-state index contributed by atoms with van der Waals surface area (Å²) in [5.41, 5.74) is 4.29. The van der Waals surface area contributed by atoms with E-state index < -0.39 is 0 Å². The van der Waals surface area contributed by atoms with Crippen LogP contribution >= 0.6 is 12.4 Å². The summed E-state index contributed by atoms with van der Waals surface area (Å²) in [5.74, 6) is -0.626. The van der Waals surface area contributed by atoms with Crippen LogP contribution in [0.5, 0.6) is 0 Å². The number of carbonyl (C=O) groups is 2. The summed E-state index contributed by atoms with van der Waals surface area (Å²) >= 11 is 0. The zero-order valence-electron chi connectivity index (χ0n) is 18.8. The molecule has 1 saturated heterocycles. The number of hydrogen-bond donors (Lipinski definition) is 0. The van der Waals surface area contributed by atoms with Crippen LogP contribution in [0, 0.1) is 5.41 Å². The van der Waals surface area contributed by atoms with Gasteiger partial charge in [0.05, 0.1) is 11.6 Å². The van der Waals surface area contributed by atoms with Gasteiger partial charge in [-0.2, -0.15) is 0 Å². The number of benzene rings is 1. The number of nitrogens with zero attached hydrogens (tertiary/aromatic N) is 2. The highest BCUT2D eigenvalue weighted by Gasteiger charge is 2.51. The molecule has 6 nitrogen and oxygen atoms in total. The van der Waals surface area contributed by atoms with Crippen LogP contribution in [0.25, 0.3) is 16.6 Å². The van der Waals surface area contributed by atoms with Crippen molar-refractivity contribution in [1.82, 2.24) is 9.47 Å². The van der Waals surface area contributed by atoms with E-state index in [2.05, 4.69) is 40.7 Å². The van der Waals surface area contributed by atoms with Crippen LogP contribution in [0.2, 0.25) is 0 Å². The summed E-state index contributed by atoms with van der Waals surface area (Å²) in [6.45, 7) is 6.33. The Kier molecular flexibility index (Phi) is 6.37. The van der Waals surface area contributed by atoms with Gasteiger partial charge < -0.3 is 14.0 Å². The largest absolute Gasteiger partial charge is 0.462 e. The first-order chi connectivity index (χ1) is 15.1. The average Bonchev–Trinajstić information content (AvgIpc) is 3.15. The summed E-state index contributed by atoms with van der Waals surface area (Å²) in [6.07, 6.45) is 6.73. The number of rotatable bonds is 6. The maximum atomic E-state index is 13.3. The van der Waals surface area contributed by atoms with Gasteiger partial charge in [-0.1, -0.05) is 32.0 Å². The van der Waals surface area contributed by atoms with Crippen molar-refractivity contribution in [2.75, 3.05) is 26.3 Å². The van der Waals surface area contributed by atoms with Crippen LogP contribution in [-0.2, 0) is 25.5 Å². The fourth-order valence-corrected chi connectivity index (χ4v) is 5.89. The molecule has 0 aliphatic carbocycles. The van der Waals surface area contributed by atoms with Gasteiger partial charge in [-0.15, -0.1) is 12.4 Å². The molecule has 2 aromatic rings. The van der Waals surface area contributed by atoms with Gasteiger partial charge in [0.2, 0.25) is 0 Å². The molecule has 0 N–H and O–H groups in total. The van der Waals surface area contributed by atoms with Gasteiger partial charge in [-0.05, 0) is 49.9 Å². The van der Waals surface area contributed by atoms with Crippen LogP contribution in [0.3, 0.4) is 0 Å². The highest BCUT2D eigenvalue weighted by atomic mass is 35.5. The highest BCUT2D eigenvalue weighted by Crippen LogP contribution is 2.57. The van der Waals surface area contributed by atoms with E-state index in [1.54, 1.807) is 6.92 Å². The molecule has 0 spiro atoms. The normalized spacial score (nSPS) is 23.7. The fraction of sp³-hybridized carbons (Fsp3) is 0.520. The molecule has 0 bridgehead atoms. The van der Waals surface area contributed by atoms with E-state index >= 15 is 0 Å². The zero-order valence-corrected chi connectivity index (χ0v) is 19.6. The lowest BCUT2D eigenvalue weighted by Crippen LogP contribution is -2.51. The third-order valence-electron chi connectivity index (χ3n) is 7.33. The molecule has 4 heterocycles. The Morgan fingerprint density at radius 3 is 2.69 bits per heavy atom. The van der Waals surface area contributed by atoms with Crippen LogP contribution in [-0.4, -0.2) is 47.7 Å². The molecule has 1 aromatic heterocycles.